The van der Waals surface area contributed by atoms with Crippen molar-refractivity contribution in [1.82, 2.24) is 10.2 Å². The van der Waals surface area contributed by atoms with Crippen LogP contribution < -0.4 is 25.2 Å². The topological polar surface area (TPSA) is 178 Å². The number of rotatable bonds is 11. The summed E-state index contributed by atoms with van der Waals surface area (Å²) < 4.78 is 11.5. The van der Waals surface area contributed by atoms with E-state index in [0.717, 1.165) is 9.80 Å². The van der Waals surface area contributed by atoms with Gasteiger partial charge in [0.2, 0.25) is 11.8 Å². The molecule has 2 N–H and O–H groups in total. The van der Waals surface area contributed by atoms with Crippen molar-refractivity contribution in [2.45, 2.75) is 45.2 Å². The standard InChI is InChI=1S/C36H34N6O8/c1-21-19-24(8-7-22(21)20-37)40-34(47)36(2,3)42(35(40)48)23-9-11-25(12-10-23)50-18-17-49-16-15-38-27-6-4-5-26-30(27)33(46)41(32(26)45)28-13-14-29(43)39-31(28)44/h4-12,19,28,38H,13-18H2,1-3H3,(H,39,43,44). The summed E-state index contributed by atoms with van der Waals surface area (Å²) in [6.07, 6.45) is 0.123. The fraction of sp³-hybridized carbons (Fsp3) is 0.306. The van der Waals surface area contributed by atoms with Gasteiger partial charge in [-0.1, -0.05) is 6.07 Å². The number of hydrogen-bond acceptors (Lipinski definition) is 10. The normalized spacial score (nSPS) is 18.4. The lowest BCUT2D eigenvalue weighted by Gasteiger charge is -2.27. The van der Waals surface area contributed by atoms with Crippen LogP contribution in [0.15, 0.2) is 60.7 Å². The van der Waals surface area contributed by atoms with Gasteiger partial charge in [-0.2, -0.15) is 5.26 Å². The molecule has 3 aromatic rings. The first-order chi connectivity index (χ1) is 23.9. The Bertz CT molecular complexity index is 1970. The Morgan fingerprint density at radius 3 is 2.38 bits per heavy atom. The van der Waals surface area contributed by atoms with Crippen LogP contribution in [0.3, 0.4) is 0 Å². The molecule has 14 nitrogen and oxygen atoms in total. The molecule has 0 aromatic heterocycles. The average Bonchev–Trinajstić information content (AvgIpc) is 3.44. The first-order valence-electron chi connectivity index (χ1n) is 16.0. The maximum Gasteiger partial charge on any atom is 0.336 e. The number of imide groups is 3. The molecule has 256 valence electrons. The zero-order valence-electron chi connectivity index (χ0n) is 27.6. The van der Waals surface area contributed by atoms with Gasteiger partial charge >= 0.3 is 6.03 Å². The highest BCUT2D eigenvalue weighted by Gasteiger charge is 2.52. The lowest BCUT2D eigenvalue weighted by Crippen LogP contribution is -2.54. The maximum absolute atomic E-state index is 13.5. The fourth-order valence-corrected chi connectivity index (χ4v) is 6.30. The van der Waals surface area contributed by atoms with E-state index < -0.39 is 41.2 Å². The predicted molar refractivity (Wildman–Crippen MR) is 180 cm³/mol. The minimum Gasteiger partial charge on any atom is -0.491 e. The molecule has 2 fully saturated rings. The summed E-state index contributed by atoms with van der Waals surface area (Å²) in [4.78, 5) is 80.5. The van der Waals surface area contributed by atoms with Gasteiger partial charge in [0, 0.05) is 24.3 Å². The van der Waals surface area contributed by atoms with Crippen LogP contribution in [0.4, 0.5) is 21.9 Å². The third-order valence-corrected chi connectivity index (χ3v) is 8.88. The predicted octanol–water partition coefficient (Wildman–Crippen LogP) is 3.53. The summed E-state index contributed by atoms with van der Waals surface area (Å²) in [5.74, 6) is -2.11. The molecule has 0 bridgehead atoms. The molecule has 3 aliphatic rings. The Kier molecular flexibility index (Phi) is 9.09. The second-order valence-corrected chi connectivity index (χ2v) is 12.5. The van der Waals surface area contributed by atoms with E-state index in [9.17, 15) is 34.0 Å². The third kappa shape index (κ3) is 6.03. The Labute approximate surface area is 287 Å². The highest BCUT2D eigenvalue weighted by Crippen LogP contribution is 2.37. The number of nitrogens with zero attached hydrogens (tertiary/aromatic N) is 4. The number of nitrogens with one attached hydrogen (secondary N) is 2. The summed E-state index contributed by atoms with van der Waals surface area (Å²) in [5.41, 5.74) is 1.69. The number of aryl methyl sites for hydroxylation is 1. The van der Waals surface area contributed by atoms with E-state index in [1.807, 2.05) is 0 Å². The van der Waals surface area contributed by atoms with Crippen LogP contribution >= 0.6 is 0 Å². The molecule has 3 aliphatic heterocycles. The molecule has 3 aromatic carbocycles. The van der Waals surface area contributed by atoms with Crippen molar-refractivity contribution in [3.05, 3.63) is 82.9 Å². The monoisotopic (exact) mass is 678 g/mol. The van der Waals surface area contributed by atoms with Crippen LogP contribution in [0.25, 0.3) is 0 Å². The second kappa shape index (κ2) is 13.4. The van der Waals surface area contributed by atoms with E-state index >= 15 is 0 Å². The number of benzene rings is 3. The molecule has 7 amide bonds. The number of amides is 7. The fourth-order valence-electron chi connectivity index (χ4n) is 6.30. The van der Waals surface area contributed by atoms with Crippen LogP contribution in [-0.2, 0) is 19.1 Å². The number of nitriles is 1. The number of hydrogen-bond donors (Lipinski definition) is 2. The molecular formula is C36H34N6O8. The maximum atomic E-state index is 13.5. The minimum absolute atomic E-state index is 0.0437. The molecule has 0 spiro atoms. The molecule has 0 aliphatic carbocycles. The number of urea groups is 1. The van der Waals surface area contributed by atoms with E-state index in [-0.39, 0.29) is 49.7 Å². The van der Waals surface area contributed by atoms with Gasteiger partial charge in [-0.3, -0.25) is 39.1 Å². The van der Waals surface area contributed by atoms with E-state index in [4.69, 9.17) is 9.47 Å². The smallest absolute Gasteiger partial charge is 0.336 e. The van der Waals surface area contributed by atoms with Crippen LogP contribution in [0.1, 0.15) is 58.5 Å². The van der Waals surface area contributed by atoms with Crippen molar-refractivity contribution in [2.75, 3.05) is 41.5 Å². The SMILES string of the molecule is Cc1cc(N2C(=O)N(c3ccc(OCCOCCNc4cccc5c4C(=O)N(C4CCC(=O)NC4=O)C5=O)cc3)C(C)(C)C2=O)ccc1C#N. The summed E-state index contributed by atoms with van der Waals surface area (Å²) >= 11 is 0. The Balaban J connectivity index is 0.985. The first-order valence-corrected chi connectivity index (χ1v) is 16.0. The molecule has 1 atom stereocenters. The number of anilines is 3. The van der Waals surface area contributed by atoms with Crippen molar-refractivity contribution < 1.29 is 38.2 Å². The van der Waals surface area contributed by atoms with E-state index in [0.29, 0.717) is 40.5 Å². The highest BCUT2D eigenvalue weighted by atomic mass is 16.5. The number of fused-ring (bicyclic) bond motifs is 1. The molecule has 0 saturated carbocycles. The number of piperidine rings is 1. The second-order valence-electron chi connectivity index (χ2n) is 12.5. The summed E-state index contributed by atoms with van der Waals surface area (Å²) in [6, 6.07) is 17.0. The van der Waals surface area contributed by atoms with Crippen LogP contribution in [0.2, 0.25) is 0 Å². The number of carbonyl (C=O) groups excluding carboxylic acids is 6. The molecular weight excluding hydrogens is 644 g/mol. The van der Waals surface area contributed by atoms with Crippen molar-refractivity contribution in [1.29, 1.82) is 5.26 Å². The minimum atomic E-state index is -1.15. The van der Waals surface area contributed by atoms with Crippen LogP contribution in [0, 0.1) is 18.3 Å². The van der Waals surface area contributed by atoms with E-state index in [1.165, 1.54) is 11.0 Å². The Hall–Kier alpha value is -6.07. The average molecular weight is 679 g/mol. The van der Waals surface area contributed by atoms with Crippen molar-refractivity contribution >= 4 is 52.6 Å². The molecule has 1 unspecified atom stereocenters. The summed E-state index contributed by atoms with van der Waals surface area (Å²) in [6.45, 7) is 6.18. The van der Waals surface area contributed by atoms with Gasteiger partial charge in [0.05, 0.1) is 41.7 Å². The first kappa shape index (κ1) is 33.8. The van der Waals surface area contributed by atoms with Crippen molar-refractivity contribution in [2.24, 2.45) is 0 Å². The van der Waals surface area contributed by atoms with Gasteiger partial charge in [0.1, 0.15) is 23.9 Å². The van der Waals surface area contributed by atoms with Gasteiger partial charge < -0.3 is 14.8 Å². The number of ether oxygens (including phenoxy) is 2. The molecule has 50 heavy (non-hydrogen) atoms. The molecule has 0 radical (unpaired) electrons. The Morgan fingerprint density at radius 1 is 0.940 bits per heavy atom. The van der Waals surface area contributed by atoms with E-state index in [1.54, 1.807) is 75.4 Å². The van der Waals surface area contributed by atoms with Crippen molar-refractivity contribution in [3.8, 4) is 11.8 Å². The van der Waals surface area contributed by atoms with Crippen molar-refractivity contribution in [3.63, 3.8) is 0 Å². The summed E-state index contributed by atoms with van der Waals surface area (Å²) in [7, 11) is 0. The lowest BCUT2D eigenvalue weighted by atomic mass is 10.0. The largest absolute Gasteiger partial charge is 0.491 e. The van der Waals surface area contributed by atoms with Crippen LogP contribution in [-0.4, -0.2) is 78.4 Å². The van der Waals surface area contributed by atoms with Gasteiger partial charge in [0.25, 0.3) is 17.7 Å². The van der Waals surface area contributed by atoms with Gasteiger partial charge in [-0.05, 0) is 87.4 Å². The van der Waals surface area contributed by atoms with Crippen LogP contribution in [0.5, 0.6) is 5.75 Å². The molecule has 3 heterocycles. The zero-order chi connectivity index (χ0) is 35.7. The highest BCUT2D eigenvalue weighted by molar-refractivity contribution is 6.30. The molecule has 2 saturated heterocycles. The lowest BCUT2D eigenvalue weighted by molar-refractivity contribution is -0.136. The van der Waals surface area contributed by atoms with Gasteiger partial charge in [-0.25, -0.2) is 9.69 Å². The quantitative estimate of drug-likeness (QED) is 0.173. The third-order valence-electron chi connectivity index (χ3n) is 8.88. The van der Waals surface area contributed by atoms with Gasteiger partial charge in [-0.15, -0.1) is 0 Å². The summed E-state index contributed by atoms with van der Waals surface area (Å²) in [5, 5.41) is 14.6. The molecule has 14 heteroatoms. The Morgan fingerprint density at radius 2 is 1.68 bits per heavy atom. The van der Waals surface area contributed by atoms with Gasteiger partial charge in [0.15, 0.2) is 0 Å². The van der Waals surface area contributed by atoms with E-state index in [2.05, 4.69) is 16.7 Å². The zero-order valence-corrected chi connectivity index (χ0v) is 27.6. The number of carbonyl (C=O) groups is 6. The molecule has 6 rings (SSSR count).